The van der Waals surface area contributed by atoms with Crippen LogP contribution in [0.2, 0.25) is 5.02 Å². The van der Waals surface area contributed by atoms with Crippen LogP contribution in [0.5, 0.6) is 0 Å². The standard InChI is InChI=1S/C25H19ClN4OS/c26-20-11-13-21(14-12-20)30-24(31)22-16-29(15-18-7-3-1-4-8-18)28-23(22)27-25(30)32-17-19-9-5-2-6-10-19/h1-14,16H,15,17H2. The Labute approximate surface area is 194 Å². The Morgan fingerprint density at radius 1 is 0.844 bits per heavy atom. The van der Waals surface area contributed by atoms with Crippen LogP contribution in [0.4, 0.5) is 0 Å². The molecule has 5 rings (SSSR count). The summed E-state index contributed by atoms with van der Waals surface area (Å²) in [5.41, 5.74) is 3.29. The first-order valence-electron chi connectivity index (χ1n) is 10.1. The van der Waals surface area contributed by atoms with Gasteiger partial charge in [0, 0.05) is 17.0 Å². The molecule has 5 aromatic rings. The van der Waals surface area contributed by atoms with Crippen molar-refractivity contribution in [1.29, 1.82) is 0 Å². The van der Waals surface area contributed by atoms with Crippen LogP contribution in [0.1, 0.15) is 11.1 Å². The van der Waals surface area contributed by atoms with E-state index in [9.17, 15) is 4.79 Å². The predicted molar refractivity (Wildman–Crippen MR) is 130 cm³/mol. The Balaban J connectivity index is 1.59. The molecule has 2 aromatic heterocycles. The van der Waals surface area contributed by atoms with Gasteiger partial charge in [-0.3, -0.25) is 14.0 Å². The highest BCUT2D eigenvalue weighted by atomic mass is 35.5. The smallest absolute Gasteiger partial charge is 0.268 e. The van der Waals surface area contributed by atoms with Gasteiger partial charge in [-0.2, -0.15) is 5.10 Å². The van der Waals surface area contributed by atoms with Gasteiger partial charge >= 0.3 is 0 Å². The van der Waals surface area contributed by atoms with Gasteiger partial charge in [-0.05, 0) is 35.4 Å². The second-order valence-corrected chi connectivity index (χ2v) is 8.71. The Morgan fingerprint density at radius 2 is 1.50 bits per heavy atom. The van der Waals surface area contributed by atoms with Crippen LogP contribution in [0, 0.1) is 0 Å². The number of rotatable bonds is 6. The number of aromatic nitrogens is 4. The minimum atomic E-state index is -0.146. The molecule has 0 fully saturated rings. The van der Waals surface area contributed by atoms with Gasteiger partial charge in [-0.25, -0.2) is 4.98 Å². The summed E-state index contributed by atoms with van der Waals surface area (Å²) in [6.45, 7) is 0.573. The molecule has 0 radical (unpaired) electrons. The highest BCUT2D eigenvalue weighted by Crippen LogP contribution is 2.25. The third-order valence-electron chi connectivity index (χ3n) is 5.05. The largest absolute Gasteiger partial charge is 0.269 e. The summed E-state index contributed by atoms with van der Waals surface area (Å²) in [5.74, 6) is 0.692. The Hall–Kier alpha value is -3.35. The normalized spacial score (nSPS) is 11.2. The van der Waals surface area contributed by atoms with Crippen molar-refractivity contribution in [3.05, 3.63) is 118 Å². The number of hydrogen-bond acceptors (Lipinski definition) is 4. The second-order valence-electron chi connectivity index (χ2n) is 7.34. The van der Waals surface area contributed by atoms with Gasteiger partial charge in [0.05, 0.1) is 12.2 Å². The van der Waals surface area contributed by atoms with Crippen molar-refractivity contribution in [2.45, 2.75) is 17.5 Å². The number of hydrogen-bond donors (Lipinski definition) is 0. The van der Waals surface area contributed by atoms with Crippen molar-refractivity contribution >= 4 is 34.4 Å². The molecule has 0 saturated carbocycles. The van der Waals surface area contributed by atoms with E-state index >= 15 is 0 Å². The van der Waals surface area contributed by atoms with Crippen LogP contribution in [-0.2, 0) is 12.3 Å². The van der Waals surface area contributed by atoms with Crippen LogP contribution in [0.25, 0.3) is 16.7 Å². The third-order valence-corrected chi connectivity index (χ3v) is 6.31. The average molecular weight is 459 g/mol. The summed E-state index contributed by atoms with van der Waals surface area (Å²) < 4.78 is 3.41. The molecule has 0 spiro atoms. The molecule has 0 N–H and O–H groups in total. The fraction of sp³-hybridized carbons (Fsp3) is 0.0800. The van der Waals surface area contributed by atoms with E-state index in [1.807, 2.05) is 60.7 Å². The maximum absolute atomic E-state index is 13.5. The highest BCUT2D eigenvalue weighted by Gasteiger charge is 2.16. The van der Waals surface area contributed by atoms with Crippen molar-refractivity contribution in [3.8, 4) is 5.69 Å². The molecule has 5 nitrogen and oxygen atoms in total. The molecule has 0 aliphatic carbocycles. The molecule has 158 valence electrons. The zero-order valence-electron chi connectivity index (χ0n) is 17.1. The summed E-state index contributed by atoms with van der Waals surface area (Å²) >= 11 is 7.58. The summed E-state index contributed by atoms with van der Waals surface area (Å²) in [6, 6.07) is 27.4. The van der Waals surface area contributed by atoms with Crippen LogP contribution >= 0.6 is 23.4 Å². The molecule has 32 heavy (non-hydrogen) atoms. The Kier molecular flexibility index (Phi) is 5.79. The fourth-order valence-electron chi connectivity index (χ4n) is 3.48. The quantitative estimate of drug-likeness (QED) is 0.246. The molecule has 0 aliphatic heterocycles. The number of halogens is 1. The third kappa shape index (κ3) is 4.33. The molecule has 0 bridgehead atoms. The first kappa shape index (κ1) is 20.5. The maximum Gasteiger partial charge on any atom is 0.269 e. The summed E-state index contributed by atoms with van der Waals surface area (Å²) in [6.07, 6.45) is 1.77. The van der Waals surface area contributed by atoms with E-state index in [-0.39, 0.29) is 5.56 Å². The number of nitrogens with zero attached hydrogens (tertiary/aromatic N) is 4. The summed E-state index contributed by atoms with van der Waals surface area (Å²) in [4.78, 5) is 18.3. The molecule has 0 saturated heterocycles. The van der Waals surface area contributed by atoms with Gasteiger partial charge in [-0.15, -0.1) is 0 Å². The van der Waals surface area contributed by atoms with Crippen LogP contribution < -0.4 is 5.56 Å². The molecular formula is C25H19ClN4OS. The van der Waals surface area contributed by atoms with E-state index in [0.29, 0.717) is 33.5 Å². The van der Waals surface area contributed by atoms with Crippen molar-refractivity contribution in [2.24, 2.45) is 0 Å². The molecule has 2 heterocycles. The first-order valence-corrected chi connectivity index (χ1v) is 11.5. The van der Waals surface area contributed by atoms with E-state index in [1.54, 1.807) is 27.6 Å². The second kappa shape index (κ2) is 9.02. The maximum atomic E-state index is 13.5. The monoisotopic (exact) mass is 458 g/mol. The van der Waals surface area contributed by atoms with E-state index in [2.05, 4.69) is 17.2 Å². The minimum absolute atomic E-state index is 0.146. The predicted octanol–water partition coefficient (Wildman–Crippen LogP) is 5.58. The lowest BCUT2D eigenvalue weighted by Gasteiger charge is -2.11. The Bertz CT molecular complexity index is 1410. The summed E-state index contributed by atoms with van der Waals surface area (Å²) in [5, 5.41) is 6.29. The van der Waals surface area contributed by atoms with E-state index in [0.717, 1.165) is 16.8 Å². The van der Waals surface area contributed by atoms with Crippen molar-refractivity contribution in [2.75, 3.05) is 0 Å². The van der Waals surface area contributed by atoms with Crippen LogP contribution in [0.15, 0.2) is 101 Å². The van der Waals surface area contributed by atoms with Crippen molar-refractivity contribution in [3.63, 3.8) is 0 Å². The van der Waals surface area contributed by atoms with Gasteiger partial charge < -0.3 is 0 Å². The number of thioether (sulfide) groups is 1. The van der Waals surface area contributed by atoms with Gasteiger partial charge in [0.15, 0.2) is 10.8 Å². The lowest BCUT2D eigenvalue weighted by Crippen LogP contribution is -2.21. The number of fused-ring (bicyclic) bond motifs is 1. The molecule has 7 heteroatoms. The summed E-state index contributed by atoms with van der Waals surface area (Å²) in [7, 11) is 0. The molecule has 0 amide bonds. The first-order chi connectivity index (χ1) is 15.7. The van der Waals surface area contributed by atoms with Gasteiger partial charge in [-0.1, -0.05) is 84.0 Å². The zero-order valence-corrected chi connectivity index (χ0v) is 18.6. The minimum Gasteiger partial charge on any atom is -0.268 e. The molecule has 0 aliphatic rings. The zero-order chi connectivity index (χ0) is 21.9. The molecular weight excluding hydrogens is 440 g/mol. The molecule has 0 unspecified atom stereocenters. The average Bonchev–Trinajstić information content (AvgIpc) is 3.23. The van der Waals surface area contributed by atoms with E-state index in [1.165, 1.54) is 11.8 Å². The van der Waals surface area contributed by atoms with E-state index < -0.39 is 0 Å². The van der Waals surface area contributed by atoms with Crippen molar-refractivity contribution < 1.29 is 0 Å². The lowest BCUT2D eigenvalue weighted by atomic mass is 10.2. The number of benzene rings is 3. The van der Waals surface area contributed by atoms with Crippen LogP contribution in [-0.4, -0.2) is 19.3 Å². The topological polar surface area (TPSA) is 52.7 Å². The lowest BCUT2D eigenvalue weighted by molar-refractivity contribution is 0.691. The molecule has 3 aromatic carbocycles. The van der Waals surface area contributed by atoms with Gasteiger partial charge in [0.25, 0.3) is 5.56 Å². The van der Waals surface area contributed by atoms with Gasteiger partial charge in [0.1, 0.15) is 5.39 Å². The fourth-order valence-corrected chi connectivity index (χ4v) is 4.56. The van der Waals surface area contributed by atoms with Crippen LogP contribution in [0.3, 0.4) is 0 Å². The van der Waals surface area contributed by atoms with E-state index in [4.69, 9.17) is 16.6 Å². The Morgan fingerprint density at radius 3 is 2.19 bits per heavy atom. The van der Waals surface area contributed by atoms with Crippen molar-refractivity contribution in [1.82, 2.24) is 19.3 Å². The van der Waals surface area contributed by atoms with Gasteiger partial charge in [0.2, 0.25) is 0 Å². The molecule has 0 atom stereocenters. The SMILES string of the molecule is O=c1c2cn(Cc3ccccc3)nc2nc(SCc2ccccc2)n1-c1ccc(Cl)cc1. The highest BCUT2D eigenvalue weighted by molar-refractivity contribution is 7.98.